The Kier molecular flexibility index (Phi) is 8.01. The van der Waals surface area contributed by atoms with Gasteiger partial charge in [0.2, 0.25) is 0 Å². The molecular formula is C17H36N2. The molecule has 0 aromatic carbocycles. The highest BCUT2D eigenvalue weighted by atomic mass is 15.2. The Labute approximate surface area is 121 Å². The van der Waals surface area contributed by atoms with Crippen molar-refractivity contribution in [1.82, 2.24) is 4.90 Å². The van der Waals surface area contributed by atoms with Gasteiger partial charge in [0.25, 0.3) is 0 Å². The first-order chi connectivity index (χ1) is 9.13. The van der Waals surface area contributed by atoms with E-state index >= 15 is 0 Å². The van der Waals surface area contributed by atoms with Crippen LogP contribution in [0.2, 0.25) is 0 Å². The summed E-state index contributed by atoms with van der Waals surface area (Å²) in [5.74, 6) is 1.66. The average Bonchev–Trinajstić information content (AvgIpc) is 2.42. The summed E-state index contributed by atoms with van der Waals surface area (Å²) < 4.78 is 0. The number of nitrogens with zero attached hydrogens (tertiary/aromatic N) is 1. The molecule has 1 rings (SSSR count). The Balaban J connectivity index is 2.65. The zero-order valence-electron chi connectivity index (χ0n) is 13.7. The molecule has 0 heterocycles. The van der Waals surface area contributed by atoms with E-state index in [1.165, 1.54) is 51.5 Å². The monoisotopic (exact) mass is 268 g/mol. The number of rotatable bonds is 8. The number of hydrogen-bond acceptors (Lipinski definition) is 2. The lowest BCUT2D eigenvalue weighted by atomic mass is 9.76. The zero-order chi connectivity index (χ0) is 14.3. The molecule has 0 saturated heterocycles. The lowest BCUT2D eigenvalue weighted by Crippen LogP contribution is -2.50. The van der Waals surface area contributed by atoms with Crippen molar-refractivity contribution < 1.29 is 0 Å². The molecule has 2 nitrogen and oxygen atoms in total. The maximum atomic E-state index is 6.05. The van der Waals surface area contributed by atoms with Gasteiger partial charge in [0.1, 0.15) is 0 Å². The molecular weight excluding hydrogens is 232 g/mol. The van der Waals surface area contributed by atoms with Crippen LogP contribution in [0.25, 0.3) is 0 Å². The summed E-state index contributed by atoms with van der Waals surface area (Å²) in [6.07, 6.45) is 9.48. The first-order valence-corrected chi connectivity index (χ1v) is 8.59. The van der Waals surface area contributed by atoms with Crippen LogP contribution in [0.15, 0.2) is 0 Å². The predicted octanol–water partition coefficient (Wildman–Crippen LogP) is 4.04. The summed E-state index contributed by atoms with van der Waals surface area (Å²) in [4.78, 5) is 2.76. The van der Waals surface area contributed by atoms with Gasteiger partial charge < -0.3 is 5.73 Å². The van der Waals surface area contributed by atoms with Gasteiger partial charge in [-0.1, -0.05) is 39.5 Å². The second kappa shape index (κ2) is 8.97. The summed E-state index contributed by atoms with van der Waals surface area (Å²) in [6.45, 7) is 11.5. The van der Waals surface area contributed by atoms with Crippen LogP contribution < -0.4 is 5.73 Å². The highest BCUT2D eigenvalue weighted by Gasteiger charge is 2.33. The third-order valence-corrected chi connectivity index (χ3v) is 5.05. The van der Waals surface area contributed by atoms with E-state index < -0.39 is 0 Å². The Hall–Kier alpha value is -0.0800. The van der Waals surface area contributed by atoms with Crippen LogP contribution in [0.3, 0.4) is 0 Å². The van der Waals surface area contributed by atoms with Crippen molar-refractivity contribution in [2.75, 3.05) is 13.1 Å². The first kappa shape index (κ1) is 17.0. The molecule has 2 heteroatoms. The van der Waals surface area contributed by atoms with E-state index in [0.29, 0.717) is 6.04 Å². The van der Waals surface area contributed by atoms with Crippen molar-refractivity contribution in [1.29, 1.82) is 0 Å². The minimum absolute atomic E-state index is 0.659. The van der Waals surface area contributed by atoms with Gasteiger partial charge in [-0.05, 0) is 58.0 Å². The van der Waals surface area contributed by atoms with Crippen molar-refractivity contribution in [3.63, 3.8) is 0 Å². The van der Waals surface area contributed by atoms with Crippen molar-refractivity contribution in [3.8, 4) is 0 Å². The standard InChI is InChI=1S/C17H36N2/c1-5-7-8-11-19(14(3)4)17-12-15(6-2)9-10-16(17)13-18/h14-17H,5-13,18H2,1-4H3. The van der Waals surface area contributed by atoms with Crippen molar-refractivity contribution >= 4 is 0 Å². The average molecular weight is 268 g/mol. The molecule has 0 aliphatic heterocycles. The molecule has 1 fully saturated rings. The zero-order valence-corrected chi connectivity index (χ0v) is 13.7. The summed E-state index contributed by atoms with van der Waals surface area (Å²) >= 11 is 0. The van der Waals surface area contributed by atoms with Crippen LogP contribution in [-0.4, -0.2) is 30.1 Å². The second-order valence-electron chi connectivity index (χ2n) is 6.69. The second-order valence-corrected chi connectivity index (χ2v) is 6.69. The van der Waals surface area contributed by atoms with E-state index in [1.54, 1.807) is 0 Å². The molecule has 0 spiro atoms. The fourth-order valence-corrected chi connectivity index (χ4v) is 3.70. The molecule has 19 heavy (non-hydrogen) atoms. The molecule has 0 radical (unpaired) electrons. The third-order valence-electron chi connectivity index (χ3n) is 5.05. The van der Waals surface area contributed by atoms with Gasteiger partial charge in [-0.2, -0.15) is 0 Å². The van der Waals surface area contributed by atoms with E-state index in [-0.39, 0.29) is 0 Å². The van der Waals surface area contributed by atoms with Crippen molar-refractivity contribution in [2.24, 2.45) is 17.6 Å². The summed E-state index contributed by atoms with van der Waals surface area (Å²) in [5.41, 5.74) is 6.05. The minimum atomic E-state index is 0.659. The molecule has 3 unspecified atom stereocenters. The fraction of sp³-hybridized carbons (Fsp3) is 1.00. The van der Waals surface area contributed by atoms with Crippen LogP contribution in [0.5, 0.6) is 0 Å². The van der Waals surface area contributed by atoms with Crippen LogP contribution >= 0.6 is 0 Å². The smallest absolute Gasteiger partial charge is 0.0141 e. The highest BCUT2D eigenvalue weighted by molar-refractivity contribution is 4.88. The topological polar surface area (TPSA) is 29.3 Å². The normalized spacial score (nSPS) is 28.3. The molecule has 0 aromatic heterocycles. The molecule has 0 bridgehead atoms. The van der Waals surface area contributed by atoms with Gasteiger partial charge in [0, 0.05) is 12.1 Å². The molecule has 2 N–H and O–H groups in total. The van der Waals surface area contributed by atoms with E-state index in [9.17, 15) is 0 Å². The molecule has 1 saturated carbocycles. The number of hydrogen-bond donors (Lipinski definition) is 1. The molecule has 1 aliphatic rings. The molecule has 3 atom stereocenters. The van der Waals surface area contributed by atoms with Crippen LogP contribution in [0.4, 0.5) is 0 Å². The van der Waals surface area contributed by atoms with Gasteiger partial charge in [-0.15, -0.1) is 0 Å². The maximum absolute atomic E-state index is 6.05. The van der Waals surface area contributed by atoms with E-state index in [0.717, 1.165) is 24.4 Å². The van der Waals surface area contributed by atoms with Gasteiger partial charge in [-0.3, -0.25) is 4.90 Å². The van der Waals surface area contributed by atoms with Gasteiger partial charge in [-0.25, -0.2) is 0 Å². The van der Waals surface area contributed by atoms with Gasteiger partial charge >= 0.3 is 0 Å². The summed E-state index contributed by atoms with van der Waals surface area (Å²) in [7, 11) is 0. The summed E-state index contributed by atoms with van der Waals surface area (Å²) in [6, 6.07) is 1.40. The van der Waals surface area contributed by atoms with Crippen LogP contribution in [0, 0.1) is 11.8 Å². The fourth-order valence-electron chi connectivity index (χ4n) is 3.70. The molecule has 0 aromatic rings. The van der Waals surface area contributed by atoms with E-state index in [4.69, 9.17) is 5.73 Å². The Bertz CT molecular complexity index is 227. The van der Waals surface area contributed by atoms with Crippen LogP contribution in [0.1, 0.15) is 72.6 Å². The maximum Gasteiger partial charge on any atom is 0.0141 e. The van der Waals surface area contributed by atoms with Gasteiger partial charge in [0.05, 0.1) is 0 Å². The van der Waals surface area contributed by atoms with Crippen molar-refractivity contribution in [2.45, 2.75) is 84.7 Å². The molecule has 0 amide bonds. The SMILES string of the molecule is CCCCCN(C(C)C)C1CC(CC)CCC1CN. The van der Waals surface area contributed by atoms with E-state index in [1.807, 2.05) is 0 Å². The molecule has 1 aliphatic carbocycles. The number of unbranched alkanes of at least 4 members (excludes halogenated alkanes) is 2. The molecule has 114 valence electrons. The van der Waals surface area contributed by atoms with Crippen molar-refractivity contribution in [3.05, 3.63) is 0 Å². The lowest BCUT2D eigenvalue weighted by Gasteiger charge is -2.44. The Morgan fingerprint density at radius 1 is 1.16 bits per heavy atom. The Morgan fingerprint density at radius 2 is 1.89 bits per heavy atom. The lowest BCUT2D eigenvalue weighted by molar-refractivity contribution is 0.0551. The highest BCUT2D eigenvalue weighted by Crippen LogP contribution is 2.34. The van der Waals surface area contributed by atoms with Gasteiger partial charge in [0.15, 0.2) is 0 Å². The van der Waals surface area contributed by atoms with Crippen LogP contribution in [-0.2, 0) is 0 Å². The van der Waals surface area contributed by atoms with E-state index in [2.05, 4.69) is 32.6 Å². The first-order valence-electron chi connectivity index (χ1n) is 8.59. The quantitative estimate of drug-likeness (QED) is 0.673. The third kappa shape index (κ3) is 5.07. The summed E-state index contributed by atoms with van der Waals surface area (Å²) in [5, 5.41) is 0. The Morgan fingerprint density at radius 3 is 2.42 bits per heavy atom. The predicted molar refractivity (Wildman–Crippen MR) is 85.3 cm³/mol. The largest absolute Gasteiger partial charge is 0.330 e. The minimum Gasteiger partial charge on any atom is -0.330 e. The number of nitrogens with two attached hydrogens (primary N) is 1.